The number of rotatable bonds is 4. The van der Waals surface area contributed by atoms with Gasteiger partial charge in [-0.1, -0.05) is 32.0 Å². The summed E-state index contributed by atoms with van der Waals surface area (Å²) < 4.78 is 5.21. The summed E-state index contributed by atoms with van der Waals surface area (Å²) in [4.78, 5) is 11.0. The molecule has 1 amide bonds. The lowest BCUT2D eigenvalue weighted by molar-refractivity contribution is -0.122. The number of likely N-dealkylation sites (N-methyl/N-ethyl adjacent to an activating group) is 1. The van der Waals surface area contributed by atoms with Gasteiger partial charge in [-0.3, -0.25) is 4.79 Å². The topological polar surface area (TPSA) is 38.3 Å². The van der Waals surface area contributed by atoms with Gasteiger partial charge in [-0.05, 0) is 19.1 Å². The number of carbonyl (C=O) groups is 1. The average molecular weight is 209 g/mol. The molecule has 0 aliphatic carbocycles. The number of hydrogen-bond donors (Lipinski definition) is 1. The molecule has 0 aromatic heterocycles. The van der Waals surface area contributed by atoms with E-state index in [0.717, 1.165) is 0 Å². The van der Waals surface area contributed by atoms with Crippen molar-refractivity contribution in [3.63, 3.8) is 0 Å². The van der Waals surface area contributed by atoms with E-state index >= 15 is 0 Å². The molecule has 0 saturated heterocycles. The largest absolute Gasteiger partial charge is 0.484 e. The highest BCUT2D eigenvalue weighted by Crippen LogP contribution is 2.07. The van der Waals surface area contributed by atoms with Gasteiger partial charge in [-0.15, -0.1) is 0 Å². The highest BCUT2D eigenvalue weighted by atomic mass is 16.5. The summed E-state index contributed by atoms with van der Waals surface area (Å²) in [6, 6.07) is 9.28. The molecule has 0 spiro atoms. The van der Waals surface area contributed by atoms with Crippen molar-refractivity contribution in [2.75, 3.05) is 13.2 Å². The van der Waals surface area contributed by atoms with Crippen molar-refractivity contribution < 1.29 is 9.53 Å². The Morgan fingerprint density at radius 1 is 1.27 bits per heavy atom. The standard InChI is InChI=1S/C10H13NO2.C2H6/c1-2-11-10(12)8-13-9-6-4-3-5-7-9;1-2/h3-7H,2,8H2,1H3,(H,11,12);1-2H3. The molecule has 1 aromatic rings. The summed E-state index contributed by atoms with van der Waals surface area (Å²) in [5.74, 6) is 0.625. The number of hydrogen-bond acceptors (Lipinski definition) is 2. The van der Waals surface area contributed by atoms with E-state index in [1.807, 2.05) is 51.1 Å². The quantitative estimate of drug-likeness (QED) is 0.825. The number of ether oxygens (including phenoxy) is 1. The summed E-state index contributed by atoms with van der Waals surface area (Å²) >= 11 is 0. The van der Waals surface area contributed by atoms with Gasteiger partial charge in [0.15, 0.2) is 6.61 Å². The summed E-state index contributed by atoms with van der Waals surface area (Å²) in [5.41, 5.74) is 0. The molecular formula is C12H19NO2. The van der Waals surface area contributed by atoms with Crippen molar-refractivity contribution in [1.82, 2.24) is 5.32 Å². The van der Waals surface area contributed by atoms with Gasteiger partial charge in [-0.2, -0.15) is 0 Å². The first kappa shape index (κ1) is 13.5. The highest BCUT2D eigenvalue weighted by molar-refractivity contribution is 5.77. The Morgan fingerprint density at radius 3 is 2.40 bits per heavy atom. The first-order valence-corrected chi connectivity index (χ1v) is 5.27. The lowest BCUT2D eigenvalue weighted by Gasteiger charge is -2.04. The maximum absolute atomic E-state index is 11.0. The third-order valence-corrected chi connectivity index (χ3v) is 1.49. The fraction of sp³-hybridized carbons (Fsp3) is 0.417. The Balaban J connectivity index is 0.000000921. The molecule has 3 nitrogen and oxygen atoms in total. The van der Waals surface area contributed by atoms with Crippen LogP contribution in [0.4, 0.5) is 0 Å². The number of para-hydroxylation sites is 1. The van der Waals surface area contributed by atoms with E-state index < -0.39 is 0 Å². The molecule has 1 aromatic carbocycles. The van der Waals surface area contributed by atoms with Crippen molar-refractivity contribution in [1.29, 1.82) is 0 Å². The van der Waals surface area contributed by atoms with Crippen LogP contribution in [0.2, 0.25) is 0 Å². The van der Waals surface area contributed by atoms with E-state index in [0.29, 0.717) is 12.3 Å². The van der Waals surface area contributed by atoms with Crippen molar-refractivity contribution in [2.45, 2.75) is 20.8 Å². The summed E-state index contributed by atoms with van der Waals surface area (Å²) in [6.45, 7) is 6.59. The average Bonchev–Trinajstić information content (AvgIpc) is 2.31. The summed E-state index contributed by atoms with van der Waals surface area (Å²) in [7, 11) is 0. The van der Waals surface area contributed by atoms with E-state index in [9.17, 15) is 4.79 Å². The number of benzene rings is 1. The Morgan fingerprint density at radius 2 is 1.87 bits per heavy atom. The molecule has 0 saturated carbocycles. The molecule has 0 bridgehead atoms. The fourth-order valence-electron chi connectivity index (χ4n) is 0.914. The van der Waals surface area contributed by atoms with Gasteiger partial charge in [0.1, 0.15) is 5.75 Å². The number of carbonyl (C=O) groups excluding carboxylic acids is 1. The fourth-order valence-corrected chi connectivity index (χ4v) is 0.914. The zero-order valence-electron chi connectivity index (χ0n) is 9.62. The minimum Gasteiger partial charge on any atom is -0.484 e. The molecule has 0 unspecified atom stereocenters. The Kier molecular flexibility index (Phi) is 8.15. The normalized spacial score (nSPS) is 8.47. The van der Waals surface area contributed by atoms with Crippen molar-refractivity contribution in [3.8, 4) is 5.75 Å². The van der Waals surface area contributed by atoms with Crippen LogP contribution < -0.4 is 10.1 Å². The van der Waals surface area contributed by atoms with E-state index in [2.05, 4.69) is 5.32 Å². The Hall–Kier alpha value is -1.51. The van der Waals surface area contributed by atoms with Gasteiger partial charge in [0, 0.05) is 6.54 Å². The van der Waals surface area contributed by atoms with Crippen LogP contribution in [0.3, 0.4) is 0 Å². The van der Waals surface area contributed by atoms with Crippen LogP contribution in [0.5, 0.6) is 5.75 Å². The molecule has 1 rings (SSSR count). The van der Waals surface area contributed by atoms with Crippen LogP contribution in [-0.2, 0) is 4.79 Å². The Bertz CT molecular complexity index is 260. The lowest BCUT2D eigenvalue weighted by Crippen LogP contribution is -2.28. The maximum atomic E-state index is 11.0. The molecule has 0 heterocycles. The van der Waals surface area contributed by atoms with Gasteiger partial charge in [0.05, 0.1) is 0 Å². The monoisotopic (exact) mass is 209 g/mol. The van der Waals surface area contributed by atoms with E-state index in [1.165, 1.54) is 0 Å². The molecular weight excluding hydrogens is 190 g/mol. The highest BCUT2D eigenvalue weighted by Gasteiger charge is 1.99. The predicted molar refractivity (Wildman–Crippen MR) is 62.0 cm³/mol. The minimum atomic E-state index is -0.0913. The van der Waals surface area contributed by atoms with Gasteiger partial charge < -0.3 is 10.1 Å². The van der Waals surface area contributed by atoms with Gasteiger partial charge in [-0.25, -0.2) is 0 Å². The van der Waals surface area contributed by atoms with E-state index in [1.54, 1.807) is 0 Å². The summed E-state index contributed by atoms with van der Waals surface area (Å²) in [5, 5.41) is 2.65. The molecule has 0 aliphatic heterocycles. The molecule has 84 valence electrons. The zero-order chi connectivity index (χ0) is 11.5. The van der Waals surface area contributed by atoms with Crippen molar-refractivity contribution in [3.05, 3.63) is 30.3 Å². The first-order valence-electron chi connectivity index (χ1n) is 5.27. The lowest BCUT2D eigenvalue weighted by atomic mass is 10.3. The third-order valence-electron chi connectivity index (χ3n) is 1.49. The zero-order valence-corrected chi connectivity index (χ0v) is 9.62. The van der Waals surface area contributed by atoms with E-state index in [4.69, 9.17) is 4.74 Å². The van der Waals surface area contributed by atoms with Gasteiger partial charge in [0.2, 0.25) is 0 Å². The molecule has 0 atom stereocenters. The molecule has 15 heavy (non-hydrogen) atoms. The van der Waals surface area contributed by atoms with Gasteiger partial charge >= 0.3 is 0 Å². The molecule has 3 heteroatoms. The van der Waals surface area contributed by atoms with Crippen molar-refractivity contribution in [2.24, 2.45) is 0 Å². The first-order chi connectivity index (χ1) is 7.33. The van der Waals surface area contributed by atoms with Gasteiger partial charge in [0.25, 0.3) is 5.91 Å². The maximum Gasteiger partial charge on any atom is 0.257 e. The number of amides is 1. The summed E-state index contributed by atoms with van der Waals surface area (Å²) in [6.07, 6.45) is 0. The van der Waals surface area contributed by atoms with E-state index in [-0.39, 0.29) is 12.5 Å². The Labute approximate surface area is 91.5 Å². The third kappa shape index (κ3) is 6.55. The second-order valence-corrected chi connectivity index (χ2v) is 2.56. The van der Waals surface area contributed by atoms with Crippen LogP contribution in [0.1, 0.15) is 20.8 Å². The van der Waals surface area contributed by atoms with Crippen LogP contribution in [0.15, 0.2) is 30.3 Å². The van der Waals surface area contributed by atoms with Crippen molar-refractivity contribution >= 4 is 5.91 Å². The second-order valence-electron chi connectivity index (χ2n) is 2.56. The SMILES string of the molecule is CC.CCNC(=O)COc1ccccc1. The van der Waals surface area contributed by atoms with Crippen LogP contribution in [-0.4, -0.2) is 19.1 Å². The van der Waals surface area contributed by atoms with Crippen LogP contribution in [0, 0.1) is 0 Å². The van der Waals surface area contributed by atoms with Crippen LogP contribution in [0.25, 0.3) is 0 Å². The predicted octanol–water partition coefficient (Wildman–Crippen LogP) is 2.23. The molecule has 0 radical (unpaired) electrons. The smallest absolute Gasteiger partial charge is 0.257 e. The number of nitrogens with one attached hydrogen (secondary N) is 1. The minimum absolute atomic E-state index is 0.0812. The van der Waals surface area contributed by atoms with Crippen LogP contribution >= 0.6 is 0 Å². The molecule has 0 fully saturated rings. The molecule has 0 aliphatic rings. The second kappa shape index (κ2) is 9.06. The molecule has 1 N–H and O–H groups in total.